The van der Waals surface area contributed by atoms with Crippen molar-refractivity contribution in [2.24, 2.45) is 0 Å². The van der Waals surface area contributed by atoms with Crippen molar-refractivity contribution >= 4 is 29.1 Å². The van der Waals surface area contributed by atoms with E-state index in [1.165, 1.54) is 12.1 Å². The Balaban J connectivity index is 1.53. The molecule has 1 aliphatic rings. The number of amides is 2. The number of carbonyl (C=O) groups is 2. The van der Waals surface area contributed by atoms with Gasteiger partial charge in [0.05, 0.1) is 29.2 Å². The molecule has 31 heavy (non-hydrogen) atoms. The average molecular weight is 454 g/mol. The molecule has 2 aromatic carbocycles. The Morgan fingerprint density at radius 2 is 1.71 bits per heavy atom. The molecule has 1 fully saturated rings. The molecule has 5 nitrogen and oxygen atoms in total. The molecule has 1 heterocycles. The number of carbonyl (C=O) groups excluding carboxylic acids is 2. The van der Waals surface area contributed by atoms with Crippen LogP contribution >= 0.6 is 11.6 Å². The minimum absolute atomic E-state index is 0.0179. The van der Waals surface area contributed by atoms with Gasteiger partial charge in [-0.05, 0) is 30.2 Å². The minimum atomic E-state index is -4.63. The standard InChI is InChI=1S/C22H23ClF3N3O2/c1-15-5-2-3-6-16(15)13-20(31)29-11-9-28(10-12-29)14-19(30)27-21-17(22(24,25)26)7-4-8-18(21)23/h2-8H,9-14H2,1H3,(H,27,30). The predicted octanol–water partition coefficient (Wildman–Crippen LogP) is 3.99. The molecule has 0 bridgehead atoms. The van der Waals surface area contributed by atoms with Gasteiger partial charge in [-0.25, -0.2) is 0 Å². The van der Waals surface area contributed by atoms with E-state index in [4.69, 9.17) is 11.6 Å². The maximum absolute atomic E-state index is 13.2. The number of hydrogen-bond donors (Lipinski definition) is 1. The lowest BCUT2D eigenvalue weighted by Gasteiger charge is -2.34. The molecule has 1 N–H and O–H groups in total. The van der Waals surface area contributed by atoms with Gasteiger partial charge in [-0.1, -0.05) is 41.9 Å². The third-order valence-electron chi connectivity index (χ3n) is 5.28. The second-order valence-corrected chi connectivity index (χ2v) is 7.88. The quantitative estimate of drug-likeness (QED) is 0.744. The van der Waals surface area contributed by atoms with Crippen LogP contribution in [0.2, 0.25) is 5.02 Å². The summed E-state index contributed by atoms with van der Waals surface area (Å²) >= 11 is 5.88. The summed E-state index contributed by atoms with van der Waals surface area (Å²) in [6.45, 7) is 3.71. The van der Waals surface area contributed by atoms with Gasteiger partial charge in [-0.3, -0.25) is 14.5 Å². The third-order valence-corrected chi connectivity index (χ3v) is 5.59. The molecule has 1 aliphatic heterocycles. The Kier molecular flexibility index (Phi) is 7.23. The molecule has 3 rings (SSSR count). The summed E-state index contributed by atoms with van der Waals surface area (Å²) in [5.74, 6) is -0.567. The summed E-state index contributed by atoms with van der Waals surface area (Å²) in [5.41, 5.74) is 0.618. The van der Waals surface area contributed by atoms with Crippen LogP contribution in [0.3, 0.4) is 0 Å². The van der Waals surface area contributed by atoms with Crippen LogP contribution in [0.15, 0.2) is 42.5 Å². The molecular weight excluding hydrogens is 431 g/mol. The zero-order valence-electron chi connectivity index (χ0n) is 17.0. The lowest BCUT2D eigenvalue weighted by molar-refractivity contribution is -0.137. The number of aryl methyl sites for hydroxylation is 1. The number of nitrogens with one attached hydrogen (secondary N) is 1. The summed E-state index contributed by atoms with van der Waals surface area (Å²) in [5, 5.41) is 2.12. The fraction of sp³-hybridized carbons (Fsp3) is 0.364. The van der Waals surface area contributed by atoms with Crippen LogP contribution in [0.5, 0.6) is 0 Å². The van der Waals surface area contributed by atoms with E-state index >= 15 is 0 Å². The second kappa shape index (κ2) is 9.70. The molecule has 2 aromatic rings. The summed E-state index contributed by atoms with van der Waals surface area (Å²) in [6.07, 6.45) is -4.31. The van der Waals surface area contributed by atoms with E-state index in [0.29, 0.717) is 32.6 Å². The van der Waals surface area contributed by atoms with Crippen LogP contribution in [0.1, 0.15) is 16.7 Å². The van der Waals surface area contributed by atoms with Gasteiger partial charge in [0.1, 0.15) is 0 Å². The van der Waals surface area contributed by atoms with Gasteiger partial charge in [-0.2, -0.15) is 13.2 Å². The maximum Gasteiger partial charge on any atom is 0.418 e. The highest BCUT2D eigenvalue weighted by Gasteiger charge is 2.35. The first kappa shape index (κ1) is 23.1. The molecule has 0 spiro atoms. The predicted molar refractivity (Wildman–Crippen MR) is 113 cm³/mol. The Morgan fingerprint density at radius 3 is 2.35 bits per heavy atom. The van der Waals surface area contributed by atoms with Crippen LogP contribution in [0.25, 0.3) is 0 Å². The zero-order chi connectivity index (χ0) is 22.6. The molecule has 0 saturated carbocycles. The first-order chi connectivity index (χ1) is 14.6. The van der Waals surface area contributed by atoms with E-state index in [2.05, 4.69) is 5.32 Å². The van der Waals surface area contributed by atoms with Crippen molar-refractivity contribution in [2.45, 2.75) is 19.5 Å². The van der Waals surface area contributed by atoms with Gasteiger partial charge in [-0.15, -0.1) is 0 Å². The van der Waals surface area contributed by atoms with E-state index in [1.54, 1.807) is 9.80 Å². The molecule has 2 amide bonds. The van der Waals surface area contributed by atoms with E-state index in [1.807, 2.05) is 31.2 Å². The second-order valence-electron chi connectivity index (χ2n) is 7.47. The average Bonchev–Trinajstić information content (AvgIpc) is 2.71. The molecule has 1 saturated heterocycles. The summed E-state index contributed by atoms with van der Waals surface area (Å²) in [4.78, 5) is 28.5. The number of anilines is 1. The maximum atomic E-state index is 13.2. The molecule has 9 heteroatoms. The van der Waals surface area contributed by atoms with Crippen LogP contribution in [0, 0.1) is 6.92 Å². The molecular formula is C22H23ClF3N3O2. The highest BCUT2D eigenvalue weighted by Crippen LogP contribution is 2.38. The minimum Gasteiger partial charge on any atom is -0.340 e. The lowest BCUT2D eigenvalue weighted by atomic mass is 10.1. The number of benzene rings is 2. The fourth-order valence-electron chi connectivity index (χ4n) is 3.51. The largest absolute Gasteiger partial charge is 0.418 e. The number of alkyl halides is 3. The number of rotatable bonds is 5. The lowest BCUT2D eigenvalue weighted by Crippen LogP contribution is -2.50. The van der Waals surface area contributed by atoms with Gasteiger partial charge in [0, 0.05) is 26.2 Å². The summed E-state index contributed by atoms with van der Waals surface area (Å²) in [7, 11) is 0. The number of hydrogen-bond acceptors (Lipinski definition) is 3. The van der Waals surface area contributed by atoms with E-state index in [9.17, 15) is 22.8 Å². The van der Waals surface area contributed by atoms with Gasteiger partial charge < -0.3 is 10.2 Å². The molecule has 0 aliphatic carbocycles. The molecule has 0 atom stereocenters. The Labute approximate surface area is 183 Å². The van der Waals surface area contributed by atoms with Crippen molar-refractivity contribution in [3.05, 3.63) is 64.2 Å². The van der Waals surface area contributed by atoms with E-state index < -0.39 is 23.3 Å². The Bertz CT molecular complexity index is 957. The Hall–Kier alpha value is -2.58. The van der Waals surface area contributed by atoms with Crippen LogP contribution in [-0.2, 0) is 22.2 Å². The van der Waals surface area contributed by atoms with Crippen molar-refractivity contribution in [3.8, 4) is 0 Å². The number of nitrogens with zero attached hydrogens (tertiary/aromatic N) is 2. The first-order valence-electron chi connectivity index (χ1n) is 9.85. The third kappa shape index (κ3) is 5.98. The highest BCUT2D eigenvalue weighted by molar-refractivity contribution is 6.34. The highest BCUT2D eigenvalue weighted by atomic mass is 35.5. The van der Waals surface area contributed by atoms with Gasteiger partial charge in [0.2, 0.25) is 11.8 Å². The number of piperazine rings is 1. The van der Waals surface area contributed by atoms with Crippen molar-refractivity contribution in [3.63, 3.8) is 0 Å². The normalized spacial score (nSPS) is 15.1. The number of para-hydroxylation sites is 1. The first-order valence-corrected chi connectivity index (χ1v) is 10.2. The van der Waals surface area contributed by atoms with E-state index in [-0.39, 0.29) is 17.5 Å². The van der Waals surface area contributed by atoms with Gasteiger partial charge in [0.25, 0.3) is 0 Å². The fourth-order valence-corrected chi connectivity index (χ4v) is 3.73. The molecule has 0 radical (unpaired) electrons. The number of halogens is 4. The SMILES string of the molecule is Cc1ccccc1CC(=O)N1CCN(CC(=O)Nc2c(Cl)cccc2C(F)(F)F)CC1. The smallest absolute Gasteiger partial charge is 0.340 e. The molecule has 0 unspecified atom stereocenters. The van der Waals surface area contributed by atoms with Gasteiger partial charge in [0.15, 0.2) is 0 Å². The van der Waals surface area contributed by atoms with Crippen LogP contribution in [0.4, 0.5) is 18.9 Å². The van der Waals surface area contributed by atoms with Crippen molar-refractivity contribution in [1.29, 1.82) is 0 Å². The topological polar surface area (TPSA) is 52.7 Å². The van der Waals surface area contributed by atoms with E-state index in [0.717, 1.165) is 17.2 Å². The summed E-state index contributed by atoms with van der Waals surface area (Å²) < 4.78 is 39.5. The van der Waals surface area contributed by atoms with Crippen molar-refractivity contribution in [1.82, 2.24) is 9.80 Å². The Morgan fingerprint density at radius 1 is 1.03 bits per heavy atom. The molecule has 166 valence electrons. The van der Waals surface area contributed by atoms with Crippen molar-refractivity contribution in [2.75, 3.05) is 38.0 Å². The van der Waals surface area contributed by atoms with Crippen LogP contribution in [-0.4, -0.2) is 54.3 Å². The monoisotopic (exact) mass is 453 g/mol. The molecule has 0 aromatic heterocycles. The van der Waals surface area contributed by atoms with Crippen molar-refractivity contribution < 1.29 is 22.8 Å². The van der Waals surface area contributed by atoms with Gasteiger partial charge >= 0.3 is 6.18 Å². The van der Waals surface area contributed by atoms with Crippen LogP contribution < -0.4 is 5.32 Å². The summed E-state index contributed by atoms with van der Waals surface area (Å²) in [6, 6.07) is 11.1. The zero-order valence-corrected chi connectivity index (χ0v) is 17.8.